The Morgan fingerprint density at radius 1 is 1.02 bits per heavy atom. The second-order valence-corrected chi connectivity index (χ2v) is 11.4. The van der Waals surface area contributed by atoms with Crippen LogP contribution in [0.15, 0.2) is 67.9 Å². The minimum atomic E-state index is -5.42. The summed E-state index contributed by atoms with van der Waals surface area (Å²) in [6.45, 7) is 2.35. The van der Waals surface area contributed by atoms with E-state index in [4.69, 9.17) is 9.26 Å². The number of nitrogens with zero attached hydrogens (tertiary/aromatic N) is 2. The zero-order valence-corrected chi connectivity index (χ0v) is 22.7. The third-order valence-corrected chi connectivity index (χ3v) is 7.99. The Morgan fingerprint density at radius 3 is 2.32 bits per heavy atom. The van der Waals surface area contributed by atoms with Gasteiger partial charge in [0.2, 0.25) is 10.9 Å². The SMILES string of the molecule is Cc1cc(S(=O)(=O)Nc2cccc(Sc3ccc(C=CC(=O)N4CCOCC4)c(C(F)(F)F)c3C(F)(F)F)c2)no1. The summed E-state index contributed by atoms with van der Waals surface area (Å²) in [6.07, 6.45) is -9.33. The summed E-state index contributed by atoms with van der Waals surface area (Å²) in [5, 5.41) is 2.98. The van der Waals surface area contributed by atoms with Crippen molar-refractivity contribution in [3.8, 4) is 0 Å². The van der Waals surface area contributed by atoms with Gasteiger partial charge in [0.25, 0.3) is 10.0 Å². The zero-order valence-electron chi connectivity index (χ0n) is 21.0. The van der Waals surface area contributed by atoms with Crippen LogP contribution in [0, 0.1) is 6.92 Å². The molecule has 0 bridgehead atoms. The van der Waals surface area contributed by atoms with Gasteiger partial charge in [-0.25, -0.2) is 0 Å². The van der Waals surface area contributed by atoms with Gasteiger partial charge in [-0.1, -0.05) is 29.1 Å². The van der Waals surface area contributed by atoms with Crippen LogP contribution in [0.1, 0.15) is 22.5 Å². The number of nitrogens with one attached hydrogen (secondary N) is 1. The van der Waals surface area contributed by atoms with Gasteiger partial charge in [0, 0.05) is 40.7 Å². The summed E-state index contributed by atoms with van der Waals surface area (Å²) < 4.78 is 122. The molecule has 0 saturated carbocycles. The standard InChI is InChI=1S/C25H21F6N3O5S2/c1-15-13-20(32-39-15)41(36,37)33-17-3-2-4-18(14-17)40-19-7-5-16(6-8-21(35)34-9-11-38-12-10-34)22(24(26,27)28)23(19)25(29,30)31/h2-8,13-14,33H,9-12H2,1H3. The normalized spacial score (nSPS) is 15.0. The van der Waals surface area contributed by atoms with Crippen LogP contribution in [0.5, 0.6) is 0 Å². The number of aryl methyl sites for hydroxylation is 1. The van der Waals surface area contributed by atoms with Crippen LogP contribution in [0.3, 0.4) is 0 Å². The van der Waals surface area contributed by atoms with Crippen molar-refractivity contribution in [2.75, 3.05) is 31.0 Å². The van der Waals surface area contributed by atoms with Gasteiger partial charge in [0.1, 0.15) is 5.76 Å². The second-order valence-electron chi connectivity index (χ2n) is 8.68. The molecule has 4 rings (SSSR count). The predicted octanol–water partition coefficient (Wildman–Crippen LogP) is 5.84. The van der Waals surface area contributed by atoms with Crippen LogP contribution in [-0.4, -0.2) is 50.7 Å². The van der Waals surface area contributed by atoms with Crippen molar-refractivity contribution in [3.63, 3.8) is 0 Å². The fourth-order valence-electron chi connectivity index (χ4n) is 3.89. The lowest BCUT2D eigenvalue weighted by Crippen LogP contribution is -2.39. The van der Waals surface area contributed by atoms with Crippen molar-refractivity contribution in [1.29, 1.82) is 0 Å². The van der Waals surface area contributed by atoms with Crippen LogP contribution in [-0.2, 0) is 31.9 Å². The molecule has 1 aromatic heterocycles. The van der Waals surface area contributed by atoms with Gasteiger partial charge < -0.3 is 14.2 Å². The molecular weight excluding hydrogens is 600 g/mol. The minimum absolute atomic E-state index is 0.0194. The van der Waals surface area contributed by atoms with Crippen molar-refractivity contribution >= 4 is 39.5 Å². The molecule has 1 saturated heterocycles. The third kappa shape index (κ3) is 7.42. The average Bonchev–Trinajstić information content (AvgIpc) is 3.34. The van der Waals surface area contributed by atoms with Crippen molar-refractivity contribution in [3.05, 3.63) is 71.0 Å². The molecule has 220 valence electrons. The first kappa shape index (κ1) is 30.5. The maximum Gasteiger partial charge on any atom is 0.418 e. The highest BCUT2D eigenvalue weighted by Gasteiger charge is 2.46. The number of hydrogen-bond acceptors (Lipinski definition) is 7. The number of morpholine rings is 1. The highest BCUT2D eigenvalue weighted by molar-refractivity contribution is 7.99. The summed E-state index contributed by atoms with van der Waals surface area (Å²) in [6, 6.07) is 7.97. The maximum absolute atomic E-state index is 14.2. The molecule has 16 heteroatoms. The Kier molecular flexibility index (Phi) is 8.75. The molecule has 8 nitrogen and oxygen atoms in total. The molecule has 1 amide bonds. The molecule has 0 spiro atoms. The quantitative estimate of drug-likeness (QED) is 0.261. The fraction of sp³-hybridized carbons (Fsp3) is 0.280. The Balaban J connectivity index is 1.69. The van der Waals surface area contributed by atoms with Crippen LogP contribution in [0.4, 0.5) is 32.0 Å². The molecule has 1 aliphatic rings. The summed E-state index contributed by atoms with van der Waals surface area (Å²) in [4.78, 5) is 12.9. The van der Waals surface area contributed by atoms with Crippen molar-refractivity contribution in [2.24, 2.45) is 0 Å². The van der Waals surface area contributed by atoms with Gasteiger partial charge in [-0.3, -0.25) is 9.52 Å². The van der Waals surface area contributed by atoms with Gasteiger partial charge in [0.15, 0.2) is 0 Å². The first-order valence-corrected chi connectivity index (χ1v) is 14.1. The molecule has 41 heavy (non-hydrogen) atoms. The maximum atomic E-state index is 14.2. The minimum Gasteiger partial charge on any atom is -0.378 e. The molecule has 0 aliphatic carbocycles. The molecule has 0 radical (unpaired) electrons. The first-order valence-electron chi connectivity index (χ1n) is 11.8. The Morgan fingerprint density at radius 2 is 1.71 bits per heavy atom. The zero-order chi connectivity index (χ0) is 30.0. The van der Waals surface area contributed by atoms with Crippen molar-refractivity contribution in [1.82, 2.24) is 10.1 Å². The monoisotopic (exact) mass is 621 g/mol. The molecule has 1 N–H and O–H groups in total. The summed E-state index contributed by atoms with van der Waals surface area (Å²) >= 11 is 0.365. The molecule has 1 fully saturated rings. The Bertz CT molecular complexity index is 1560. The number of aromatic nitrogens is 1. The van der Waals surface area contributed by atoms with Gasteiger partial charge in [-0.05, 0) is 42.8 Å². The molecule has 2 heterocycles. The van der Waals surface area contributed by atoms with Gasteiger partial charge >= 0.3 is 12.4 Å². The molecule has 3 aromatic rings. The average molecular weight is 622 g/mol. The number of carbonyl (C=O) groups is 1. The lowest BCUT2D eigenvalue weighted by molar-refractivity contribution is -0.163. The number of hydrogen-bond donors (Lipinski definition) is 1. The highest BCUT2D eigenvalue weighted by Crippen LogP contribution is 2.48. The molecule has 1 aliphatic heterocycles. The third-order valence-electron chi connectivity index (χ3n) is 5.69. The largest absolute Gasteiger partial charge is 0.418 e. The van der Waals surface area contributed by atoms with Crippen LogP contribution in [0.25, 0.3) is 6.08 Å². The lowest BCUT2D eigenvalue weighted by Gasteiger charge is -2.25. The topological polar surface area (TPSA) is 102 Å². The van der Waals surface area contributed by atoms with E-state index in [1.165, 1.54) is 30.0 Å². The van der Waals surface area contributed by atoms with E-state index >= 15 is 0 Å². The molecule has 2 aromatic carbocycles. The Hall–Kier alpha value is -3.50. The van der Waals surface area contributed by atoms with Crippen molar-refractivity contribution < 1.29 is 48.8 Å². The summed E-state index contributed by atoms with van der Waals surface area (Å²) in [5.74, 6) is -0.438. The van der Waals surface area contributed by atoms with E-state index in [0.29, 0.717) is 17.8 Å². The summed E-state index contributed by atoms with van der Waals surface area (Å²) in [7, 11) is -4.21. The van der Waals surface area contributed by atoms with Gasteiger partial charge in [-0.15, -0.1) is 0 Å². The Labute approximate surface area is 234 Å². The molecule has 0 atom stereocenters. The number of anilines is 1. The fourth-order valence-corrected chi connectivity index (χ4v) is 5.93. The smallest absolute Gasteiger partial charge is 0.378 e. The number of amides is 1. The van der Waals surface area contributed by atoms with Crippen LogP contribution >= 0.6 is 11.8 Å². The molecule has 0 unspecified atom stereocenters. The number of ether oxygens (including phenoxy) is 1. The van der Waals surface area contributed by atoms with Crippen LogP contribution in [0.2, 0.25) is 0 Å². The van der Waals surface area contributed by atoms with E-state index < -0.39 is 54.9 Å². The van der Waals surface area contributed by atoms with E-state index in [1.807, 2.05) is 0 Å². The van der Waals surface area contributed by atoms with E-state index in [1.54, 1.807) is 0 Å². The first-order chi connectivity index (χ1) is 19.1. The number of sulfonamides is 1. The number of carbonyl (C=O) groups excluding carboxylic acids is 1. The van der Waals surface area contributed by atoms with E-state index in [-0.39, 0.29) is 42.6 Å². The molecular formula is C25H21F6N3O5S2. The predicted molar refractivity (Wildman–Crippen MR) is 135 cm³/mol. The number of benzene rings is 2. The highest BCUT2D eigenvalue weighted by atomic mass is 32.2. The van der Waals surface area contributed by atoms with E-state index in [2.05, 4.69) is 9.88 Å². The number of halogens is 6. The summed E-state index contributed by atoms with van der Waals surface area (Å²) in [5.41, 5.74) is -4.78. The van der Waals surface area contributed by atoms with E-state index in [9.17, 15) is 39.6 Å². The number of rotatable bonds is 7. The van der Waals surface area contributed by atoms with E-state index in [0.717, 1.165) is 30.3 Å². The van der Waals surface area contributed by atoms with Crippen LogP contribution < -0.4 is 4.72 Å². The second kappa shape index (κ2) is 11.8. The van der Waals surface area contributed by atoms with Gasteiger partial charge in [-0.2, -0.15) is 34.8 Å². The number of alkyl halides is 6. The van der Waals surface area contributed by atoms with Gasteiger partial charge in [0.05, 0.1) is 24.3 Å². The van der Waals surface area contributed by atoms with Crippen molar-refractivity contribution in [2.45, 2.75) is 34.1 Å². The lowest BCUT2D eigenvalue weighted by atomic mass is 9.99.